The molecule has 0 saturated heterocycles. The molecule has 1 rings (SSSR count). The van der Waals surface area contributed by atoms with Gasteiger partial charge in [0.15, 0.2) is 0 Å². The highest BCUT2D eigenvalue weighted by atomic mass is 35.5. The summed E-state index contributed by atoms with van der Waals surface area (Å²) in [5, 5.41) is 3.37. The molecule has 0 spiro atoms. The second-order valence-electron chi connectivity index (χ2n) is 3.65. The summed E-state index contributed by atoms with van der Waals surface area (Å²) in [6, 6.07) is 10.7. The lowest BCUT2D eigenvalue weighted by atomic mass is 10.1. The van der Waals surface area contributed by atoms with Crippen molar-refractivity contribution >= 4 is 23.6 Å². The molecule has 0 aliphatic heterocycles. The predicted molar refractivity (Wildman–Crippen MR) is 65.9 cm³/mol. The van der Waals surface area contributed by atoms with E-state index < -0.39 is 0 Å². The van der Waals surface area contributed by atoms with Gasteiger partial charge in [0.2, 0.25) is 0 Å². The fraction of sp³-hybridized carbons (Fsp3) is 0.455. The maximum absolute atomic E-state index is 5.62. The molecule has 2 atom stereocenters. The van der Waals surface area contributed by atoms with E-state index in [1.165, 1.54) is 9.50 Å². The molecular formula is C11H16Cl2N2. The van der Waals surface area contributed by atoms with E-state index in [0.29, 0.717) is 6.04 Å². The van der Waals surface area contributed by atoms with Crippen LogP contribution in [0.3, 0.4) is 0 Å². The summed E-state index contributed by atoms with van der Waals surface area (Å²) >= 11 is 11.2. The Morgan fingerprint density at radius 1 is 1.20 bits per heavy atom. The van der Waals surface area contributed by atoms with E-state index in [1.54, 1.807) is 0 Å². The van der Waals surface area contributed by atoms with Gasteiger partial charge in [0.1, 0.15) is 0 Å². The van der Waals surface area contributed by atoms with Gasteiger partial charge in [0, 0.05) is 12.6 Å². The first-order chi connectivity index (χ1) is 7.11. The zero-order valence-electron chi connectivity index (χ0n) is 8.95. The first-order valence-corrected chi connectivity index (χ1v) is 5.68. The van der Waals surface area contributed by atoms with Gasteiger partial charge in [0.25, 0.3) is 0 Å². The van der Waals surface area contributed by atoms with Crippen LogP contribution in [0.2, 0.25) is 0 Å². The van der Waals surface area contributed by atoms with Crippen LogP contribution >= 0.6 is 23.6 Å². The summed E-state index contributed by atoms with van der Waals surface area (Å²) in [5.41, 5.74) is 1.26. The number of halogens is 2. The van der Waals surface area contributed by atoms with Gasteiger partial charge in [0.05, 0.1) is 6.04 Å². The molecule has 0 fully saturated rings. The van der Waals surface area contributed by atoms with Gasteiger partial charge in [-0.05, 0) is 43.0 Å². The summed E-state index contributed by atoms with van der Waals surface area (Å²) in [6.07, 6.45) is 0. The van der Waals surface area contributed by atoms with Crippen molar-refractivity contribution in [3.8, 4) is 0 Å². The van der Waals surface area contributed by atoms with Gasteiger partial charge in [-0.2, -0.15) is 0 Å². The molecule has 4 heteroatoms. The van der Waals surface area contributed by atoms with E-state index in [1.807, 2.05) is 25.1 Å². The van der Waals surface area contributed by atoms with Crippen molar-refractivity contribution in [2.45, 2.75) is 25.9 Å². The van der Waals surface area contributed by atoms with Gasteiger partial charge in [-0.3, -0.25) is 0 Å². The summed E-state index contributed by atoms with van der Waals surface area (Å²) in [7, 11) is 0. The van der Waals surface area contributed by atoms with Crippen LogP contribution in [0.5, 0.6) is 0 Å². The Morgan fingerprint density at radius 2 is 1.80 bits per heavy atom. The Bertz CT molecular complexity index is 277. The van der Waals surface area contributed by atoms with Crippen molar-refractivity contribution in [2.24, 2.45) is 0 Å². The third-order valence-electron chi connectivity index (χ3n) is 2.35. The highest BCUT2D eigenvalue weighted by Gasteiger charge is 2.10. The molecule has 0 radical (unpaired) electrons. The number of nitrogens with one attached hydrogen (secondary N) is 1. The maximum Gasteiger partial charge on any atom is 0.0512 e. The second-order valence-corrected chi connectivity index (χ2v) is 4.55. The number of nitrogens with zero attached hydrogens (tertiary/aromatic N) is 1. The van der Waals surface area contributed by atoms with Crippen molar-refractivity contribution in [2.75, 3.05) is 6.54 Å². The Balaban J connectivity index is 2.40. The van der Waals surface area contributed by atoms with Crippen molar-refractivity contribution in [1.82, 2.24) is 9.25 Å². The number of hydrogen-bond acceptors (Lipinski definition) is 2. The Kier molecular flexibility index (Phi) is 5.40. The largest absolute Gasteiger partial charge is 0.309 e. The summed E-state index contributed by atoms with van der Waals surface area (Å²) in [6.45, 7) is 4.84. The summed E-state index contributed by atoms with van der Waals surface area (Å²) in [4.78, 5) is 0. The molecule has 0 aliphatic rings. The van der Waals surface area contributed by atoms with Crippen molar-refractivity contribution in [3.05, 3.63) is 35.9 Å². The molecular weight excluding hydrogens is 231 g/mol. The van der Waals surface area contributed by atoms with Crippen LogP contribution in [-0.2, 0) is 0 Å². The molecule has 0 amide bonds. The van der Waals surface area contributed by atoms with Gasteiger partial charge >= 0.3 is 0 Å². The van der Waals surface area contributed by atoms with E-state index in [-0.39, 0.29) is 6.04 Å². The van der Waals surface area contributed by atoms with E-state index in [9.17, 15) is 0 Å². The molecule has 1 aromatic rings. The van der Waals surface area contributed by atoms with Crippen molar-refractivity contribution in [3.63, 3.8) is 0 Å². The lowest BCUT2D eigenvalue weighted by Crippen LogP contribution is -2.32. The fourth-order valence-electron chi connectivity index (χ4n) is 1.28. The average Bonchev–Trinajstić information content (AvgIpc) is 2.26. The highest BCUT2D eigenvalue weighted by molar-refractivity contribution is 6.33. The molecule has 1 N–H and O–H groups in total. The van der Waals surface area contributed by atoms with Gasteiger partial charge in [-0.25, -0.2) is 0 Å². The van der Waals surface area contributed by atoms with E-state index >= 15 is 0 Å². The lowest BCUT2D eigenvalue weighted by molar-refractivity contribution is 0.450. The van der Waals surface area contributed by atoms with Crippen LogP contribution in [0, 0.1) is 0 Å². The molecule has 1 aromatic carbocycles. The Hall–Kier alpha value is -0.280. The zero-order chi connectivity index (χ0) is 11.3. The third-order valence-corrected chi connectivity index (χ3v) is 3.02. The van der Waals surface area contributed by atoms with Gasteiger partial charge in [-0.1, -0.05) is 30.3 Å². The lowest BCUT2D eigenvalue weighted by Gasteiger charge is -2.19. The fourth-order valence-corrected chi connectivity index (χ4v) is 1.41. The topological polar surface area (TPSA) is 15.3 Å². The monoisotopic (exact) mass is 246 g/mol. The number of rotatable bonds is 5. The van der Waals surface area contributed by atoms with Crippen molar-refractivity contribution < 1.29 is 0 Å². The smallest absolute Gasteiger partial charge is 0.0512 e. The van der Waals surface area contributed by atoms with Crippen LogP contribution in [0.15, 0.2) is 30.3 Å². The minimum Gasteiger partial charge on any atom is -0.309 e. The average molecular weight is 247 g/mol. The van der Waals surface area contributed by atoms with Crippen molar-refractivity contribution in [1.29, 1.82) is 0 Å². The molecule has 0 heterocycles. The SMILES string of the molecule is CC(NCC(C)N(Cl)Cl)c1ccccc1. The minimum absolute atomic E-state index is 0.0968. The van der Waals surface area contributed by atoms with Crippen LogP contribution in [0.4, 0.5) is 0 Å². The standard InChI is InChI=1S/C11H16Cl2N2/c1-9(15(12)13)8-14-10(2)11-6-4-3-5-7-11/h3-7,9-10,14H,8H2,1-2H3. The van der Waals surface area contributed by atoms with Crippen LogP contribution in [0.1, 0.15) is 25.5 Å². The third kappa shape index (κ3) is 4.39. The van der Waals surface area contributed by atoms with Gasteiger partial charge in [-0.15, -0.1) is 3.94 Å². The number of hydrogen-bond donors (Lipinski definition) is 1. The first kappa shape index (κ1) is 12.8. The minimum atomic E-state index is 0.0968. The van der Waals surface area contributed by atoms with Gasteiger partial charge < -0.3 is 5.32 Å². The zero-order valence-corrected chi connectivity index (χ0v) is 10.5. The Morgan fingerprint density at radius 3 is 2.33 bits per heavy atom. The maximum atomic E-state index is 5.62. The molecule has 2 nitrogen and oxygen atoms in total. The highest BCUT2D eigenvalue weighted by Crippen LogP contribution is 2.12. The molecule has 0 aromatic heterocycles. The van der Waals surface area contributed by atoms with Crippen LogP contribution in [0.25, 0.3) is 0 Å². The number of benzene rings is 1. The molecule has 0 aliphatic carbocycles. The van der Waals surface area contributed by atoms with Crippen LogP contribution < -0.4 is 5.32 Å². The Labute approximate surface area is 101 Å². The predicted octanol–water partition coefficient (Wildman–Crippen LogP) is 3.34. The normalized spacial score (nSPS) is 15.3. The molecule has 84 valence electrons. The van der Waals surface area contributed by atoms with E-state index in [0.717, 1.165) is 6.54 Å². The molecule has 0 bridgehead atoms. The van der Waals surface area contributed by atoms with E-state index in [4.69, 9.17) is 23.6 Å². The second kappa shape index (κ2) is 6.33. The van der Waals surface area contributed by atoms with E-state index in [2.05, 4.69) is 24.4 Å². The summed E-state index contributed by atoms with van der Waals surface area (Å²) < 4.78 is 1.17. The first-order valence-electron chi connectivity index (χ1n) is 5.00. The molecule has 15 heavy (non-hydrogen) atoms. The summed E-state index contributed by atoms with van der Waals surface area (Å²) in [5.74, 6) is 0. The molecule has 0 saturated carbocycles. The molecule has 2 unspecified atom stereocenters. The quantitative estimate of drug-likeness (QED) is 0.803. The van der Waals surface area contributed by atoms with Crippen LogP contribution in [-0.4, -0.2) is 16.5 Å².